The molecule has 0 bridgehead atoms. The molecule has 26 heavy (non-hydrogen) atoms. The number of nitrogens with one attached hydrogen (secondary N) is 1. The predicted molar refractivity (Wildman–Crippen MR) is 107 cm³/mol. The number of benzene rings is 2. The van der Waals surface area contributed by atoms with Crippen LogP contribution in [0.3, 0.4) is 0 Å². The third kappa shape index (κ3) is 3.53. The minimum Gasteiger partial charge on any atom is -0.423 e. The third-order valence-electron chi connectivity index (χ3n) is 5.22. The van der Waals surface area contributed by atoms with Gasteiger partial charge in [0.1, 0.15) is 5.52 Å². The number of piperidine rings is 1. The molecule has 0 radical (unpaired) electrons. The van der Waals surface area contributed by atoms with Gasteiger partial charge in [0, 0.05) is 30.5 Å². The van der Waals surface area contributed by atoms with Crippen molar-refractivity contribution in [3.8, 4) is 0 Å². The highest BCUT2D eigenvalue weighted by atomic mass is 16.4. The molecule has 4 rings (SSSR count). The standard InChI is InChI=1S/C21H26N4O/c1-15-4-9-20-19(14-15)23-21(26-20)22-16-5-7-18(8-6-16)25-12-10-17(11-13-25)24(2)3/h4-9,14,17H,10-13H2,1-3H3,(H,22,23). The van der Waals surface area contributed by atoms with Crippen molar-refractivity contribution in [3.63, 3.8) is 0 Å². The van der Waals surface area contributed by atoms with Gasteiger partial charge < -0.3 is 19.5 Å². The molecule has 0 spiro atoms. The number of nitrogens with zero attached hydrogens (tertiary/aromatic N) is 3. The highest BCUT2D eigenvalue weighted by Crippen LogP contribution is 2.26. The van der Waals surface area contributed by atoms with Crippen LogP contribution in [0.4, 0.5) is 17.4 Å². The Kier molecular flexibility index (Phi) is 4.55. The highest BCUT2D eigenvalue weighted by Gasteiger charge is 2.20. The topological polar surface area (TPSA) is 44.5 Å². The minimum absolute atomic E-state index is 0.533. The first-order valence-corrected chi connectivity index (χ1v) is 9.24. The van der Waals surface area contributed by atoms with Gasteiger partial charge >= 0.3 is 0 Å². The normalized spacial score (nSPS) is 15.8. The van der Waals surface area contributed by atoms with Gasteiger partial charge in [-0.1, -0.05) is 6.07 Å². The van der Waals surface area contributed by atoms with Crippen molar-refractivity contribution < 1.29 is 4.42 Å². The molecule has 0 saturated carbocycles. The Balaban J connectivity index is 1.42. The van der Waals surface area contributed by atoms with Crippen LogP contribution in [0.15, 0.2) is 46.9 Å². The molecule has 5 nitrogen and oxygen atoms in total. The summed E-state index contributed by atoms with van der Waals surface area (Å²) in [5.41, 5.74) is 5.13. The van der Waals surface area contributed by atoms with Crippen LogP contribution in [0, 0.1) is 6.92 Å². The molecule has 2 aromatic carbocycles. The summed E-state index contributed by atoms with van der Waals surface area (Å²) in [5.74, 6) is 0. The lowest BCUT2D eigenvalue weighted by molar-refractivity contribution is 0.249. The fraction of sp³-hybridized carbons (Fsp3) is 0.381. The van der Waals surface area contributed by atoms with E-state index in [1.54, 1.807) is 0 Å². The Morgan fingerprint density at radius 2 is 1.81 bits per heavy atom. The van der Waals surface area contributed by atoms with E-state index in [2.05, 4.69) is 65.4 Å². The van der Waals surface area contributed by atoms with Gasteiger partial charge in [-0.15, -0.1) is 0 Å². The average molecular weight is 350 g/mol. The number of anilines is 3. The van der Waals surface area contributed by atoms with Crippen LogP contribution < -0.4 is 10.2 Å². The van der Waals surface area contributed by atoms with Crippen molar-refractivity contribution >= 4 is 28.5 Å². The Bertz CT molecular complexity index is 877. The lowest BCUT2D eigenvalue weighted by Crippen LogP contribution is -2.41. The van der Waals surface area contributed by atoms with Crippen molar-refractivity contribution in [1.29, 1.82) is 0 Å². The smallest absolute Gasteiger partial charge is 0.300 e. The summed E-state index contributed by atoms with van der Waals surface area (Å²) >= 11 is 0. The molecule has 136 valence electrons. The number of fused-ring (bicyclic) bond motifs is 1. The fourth-order valence-corrected chi connectivity index (χ4v) is 3.61. The Morgan fingerprint density at radius 3 is 2.50 bits per heavy atom. The largest absolute Gasteiger partial charge is 0.423 e. The zero-order valence-corrected chi connectivity index (χ0v) is 15.7. The Hall–Kier alpha value is -2.53. The summed E-state index contributed by atoms with van der Waals surface area (Å²) in [6.07, 6.45) is 2.44. The average Bonchev–Trinajstić information content (AvgIpc) is 3.03. The molecule has 1 saturated heterocycles. The molecular formula is C21H26N4O. The molecule has 3 aromatic rings. The lowest BCUT2D eigenvalue weighted by Gasteiger charge is -2.36. The molecule has 1 aromatic heterocycles. The number of hydrogen-bond acceptors (Lipinski definition) is 5. The summed E-state index contributed by atoms with van der Waals surface area (Å²) in [6, 6.07) is 15.8. The molecule has 1 aliphatic heterocycles. The maximum absolute atomic E-state index is 5.77. The molecule has 5 heteroatoms. The minimum atomic E-state index is 0.533. The lowest BCUT2D eigenvalue weighted by atomic mass is 10.0. The van der Waals surface area contributed by atoms with Crippen molar-refractivity contribution in [3.05, 3.63) is 48.0 Å². The molecule has 1 N–H and O–H groups in total. The van der Waals surface area contributed by atoms with Crippen molar-refractivity contribution in [2.45, 2.75) is 25.8 Å². The van der Waals surface area contributed by atoms with Crippen molar-refractivity contribution in [1.82, 2.24) is 9.88 Å². The molecule has 1 aliphatic rings. The second kappa shape index (κ2) is 7.00. The van der Waals surface area contributed by atoms with Gasteiger partial charge in [-0.05, 0) is 75.8 Å². The second-order valence-electron chi connectivity index (χ2n) is 7.34. The molecule has 0 atom stereocenters. The van der Waals surface area contributed by atoms with Gasteiger partial charge in [0.15, 0.2) is 5.58 Å². The van der Waals surface area contributed by atoms with Crippen molar-refractivity contribution in [2.75, 3.05) is 37.4 Å². The van der Waals surface area contributed by atoms with Crippen LogP contribution >= 0.6 is 0 Å². The van der Waals surface area contributed by atoms with E-state index in [1.165, 1.54) is 24.1 Å². The number of oxazole rings is 1. The first-order chi connectivity index (χ1) is 12.6. The summed E-state index contributed by atoms with van der Waals surface area (Å²) < 4.78 is 5.77. The zero-order chi connectivity index (χ0) is 18.1. The molecule has 2 heterocycles. The number of aryl methyl sites for hydroxylation is 1. The highest BCUT2D eigenvalue weighted by molar-refractivity contribution is 5.76. The van der Waals surface area contributed by atoms with E-state index in [-0.39, 0.29) is 0 Å². The predicted octanol–water partition coefficient (Wildman–Crippen LogP) is 4.41. The van der Waals surface area contributed by atoms with Crippen molar-refractivity contribution in [2.24, 2.45) is 0 Å². The van der Waals surface area contributed by atoms with Gasteiger partial charge in [0.05, 0.1) is 0 Å². The molecule has 0 unspecified atom stereocenters. The van der Waals surface area contributed by atoms with E-state index in [0.717, 1.165) is 29.9 Å². The fourth-order valence-electron chi connectivity index (χ4n) is 3.61. The number of rotatable bonds is 4. The summed E-state index contributed by atoms with van der Waals surface area (Å²) in [6.45, 7) is 4.28. The summed E-state index contributed by atoms with van der Waals surface area (Å²) in [7, 11) is 4.35. The van der Waals surface area contributed by atoms with E-state index in [9.17, 15) is 0 Å². The second-order valence-corrected chi connectivity index (χ2v) is 7.34. The first kappa shape index (κ1) is 16.9. The number of aromatic nitrogens is 1. The summed E-state index contributed by atoms with van der Waals surface area (Å²) in [5, 5.41) is 3.26. The van der Waals surface area contributed by atoms with E-state index < -0.39 is 0 Å². The van der Waals surface area contributed by atoms with Gasteiger partial charge in [-0.2, -0.15) is 4.98 Å². The van der Waals surface area contributed by atoms with Crippen LogP contribution in [-0.4, -0.2) is 43.1 Å². The third-order valence-corrected chi connectivity index (χ3v) is 5.22. The van der Waals surface area contributed by atoms with Crippen LogP contribution in [0.1, 0.15) is 18.4 Å². The molecule has 1 fully saturated rings. The number of hydrogen-bond donors (Lipinski definition) is 1. The van der Waals surface area contributed by atoms with Gasteiger partial charge in [0.2, 0.25) is 0 Å². The van der Waals surface area contributed by atoms with E-state index >= 15 is 0 Å². The van der Waals surface area contributed by atoms with Crippen LogP contribution in [-0.2, 0) is 0 Å². The van der Waals surface area contributed by atoms with Crippen LogP contribution in [0.5, 0.6) is 0 Å². The maximum Gasteiger partial charge on any atom is 0.300 e. The molecule has 0 aliphatic carbocycles. The van der Waals surface area contributed by atoms with Gasteiger partial charge in [-0.3, -0.25) is 0 Å². The summed E-state index contributed by atoms with van der Waals surface area (Å²) in [4.78, 5) is 9.32. The molecular weight excluding hydrogens is 324 g/mol. The Labute approximate surface area is 154 Å². The Morgan fingerprint density at radius 1 is 1.08 bits per heavy atom. The maximum atomic E-state index is 5.77. The van der Waals surface area contributed by atoms with E-state index in [0.29, 0.717) is 12.1 Å². The zero-order valence-electron chi connectivity index (χ0n) is 15.7. The van der Waals surface area contributed by atoms with E-state index in [4.69, 9.17) is 4.42 Å². The monoisotopic (exact) mass is 350 g/mol. The molecule has 0 amide bonds. The van der Waals surface area contributed by atoms with Gasteiger partial charge in [-0.25, -0.2) is 0 Å². The first-order valence-electron chi connectivity index (χ1n) is 9.24. The SMILES string of the molecule is Cc1ccc2oc(Nc3ccc(N4CCC(N(C)C)CC4)cc3)nc2c1. The van der Waals surface area contributed by atoms with Crippen LogP contribution in [0.2, 0.25) is 0 Å². The van der Waals surface area contributed by atoms with Gasteiger partial charge in [0.25, 0.3) is 6.01 Å². The van der Waals surface area contributed by atoms with Crippen LogP contribution in [0.25, 0.3) is 11.1 Å². The quantitative estimate of drug-likeness (QED) is 0.755. The van der Waals surface area contributed by atoms with E-state index in [1.807, 2.05) is 18.2 Å².